The summed E-state index contributed by atoms with van der Waals surface area (Å²) in [6, 6.07) is 2.99. The van der Waals surface area contributed by atoms with E-state index in [0.717, 1.165) is 24.1 Å². The van der Waals surface area contributed by atoms with Crippen molar-refractivity contribution in [3.8, 4) is 0 Å². The van der Waals surface area contributed by atoms with E-state index in [9.17, 15) is 31.1 Å². The molecule has 1 aliphatic heterocycles. The number of pyridine rings is 2. The molecule has 12 heteroatoms. The molecular formula is C22H15BrF6N4O. The molecule has 1 amide bonds. The summed E-state index contributed by atoms with van der Waals surface area (Å²) in [6.07, 6.45) is -3.24. The van der Waals surface area contributed by atoms with E-state index in [1.165, 1.54) is 18.0 Å². The van der Waals surface area contributed by atoms with Gasteiger partial charge < -0.3 is 4.90 Å². The molecule has 1 unspecified atom stereocenters. The van der Waals surface area contributed by atoms with Crippen molar-refractivity contribution in [3.05, 3.63) is 75.3 Å². The van der Waals surface area contributed by atoms with Gasteiger partial charge in [0.05, 0.1) is 11.3 Å². The molecule has 3 aromatic rings. The number of rotatable bonds is 3. The summed E-state index contributed by atoms with van der Waals surface area (Å²) in [7, 11) is 1.16. The van der Waals surface area contributed by atoms with Crippen LogP contribution in [0.4, 0.5) is 43.7 Å². The smallest absolute Gasteiger partial charge is 0.311 e. The zero-order valence-corrected chi connectivity index (χ0v) is 19.2. The molecule has 34 heavy (non-hydrogen) atoms. The maximum absolute atomic E-state index is 14.3. The van der Waals surface area contributed by atoms with Crippen molar-refractivity contribution in [1.82, 2.24) is 9.97 Å². The van der Waals surface area contributed by atoms with Crippen molar-refractivity contribution in [2.24, 2.45) is 0 Å². The minimum atomic E-state index is -4.66. The van der Waals surface area contributed by atoms with Gasteiger partial charge >= 0.3 is 6.18 Å². The lowest BCUT2D eigenvalue weighted by atomic mass is 10.1. The summed E-state index contributed by atoms with van der Waals surface area (Å²) >= 11 is 3.27. The molecule has 0 fully saturated rings. The van der Waals surface area contributed by atoms with Crippen LogP contribution in [0.1, 0.15) is 16.8 Å². The molecule has 0 radical (unpaired) electrons. The molecule has 0 spiro atoms. The highest BCUT2D eigenvalue weighted by Gasteiger charge is 2.41. The number of halogens is 7. The lowest BCUT2D eigenvalue weighted by Crippen LogP contribution is -2.45. The summed E-state index contributed by atoms with van der Waals surface area (Å²) in [4.78, 5) is 23.9. The van der Waals surface area contributed by atoms with Gasteiger partial charge in [-0.1, -0.05) is 0 Å². The number of hydrogen-bond acceptors (Lipinski definition) is 4. The summed E-state index contributed by atoms with van der Waals surface area (Å²) in [5.74, 6) is -4.72. The predicted octanol–water partition coefficient (Wildman–Crippen LogP) is 5.71. The third-order valence-electron chi connectivity index (χ3n) is 5.34. The summed E-state index contributed by atoms with van der Waals surface area (Å²) in [5, 5.41) is 0. The van der Waals surface area contributed by atoms with Gasteiger partial charge in [-0.15, -0.1) is 0 Å². The minimum Gasteiger partial charge on any atom is -0.311 e. The lowest BCUT2D eigenvalue weighted by molar-refractivity contribution is -0.137. The number of aromatic nitrogens is 2. The number of hydrogen-bond donors (Lipinski definition) is 0. The normalized spacial score (nSPS) is 15.4. The quantitative estimate of drug-likeness (QED) is 0.313. The average Bonchev–Trinajstić information content (AvgIpc) is 3.12. The lowest BCUT2D eigenvalue weighted by Gasteiger charge is -2.29. The van der Waals surface area contributed by atoms with Crippen LogP contribution in [-0.4, -0.2) is 29.0 Å². The highest BCUT2D eigenvalue weighted by molar-refractivity contribution is 9.10. The van der Waals surface area contributed by atoms with Gasteiger partial charge in [-0.3, -0.25) is 9.69 Å². The average molecular weight is 545 g/mol. The number of likely N-dealkylation sites (N-methyl/N-ethyl adjacent to an activating group) is 1. The van der Waals surface area contributed by atoms with Crippen LogP contribution < -0.4 is 9.80 Å². The van der Waals surface area contributed by atoms with Crippen LogP contribution in [-0.2, 0) is 17.4 Å². The van der Waals surface area contributed by atoms with Crippen LogP contribution in [0.3, 0.4) is 0 Å². The van der Waals surface area contributed by atoms with Crippen LogP contribution in [0.2, 0.25) is 0 Å². The Labute approximate surface area is 198 Å². The number of alkyl halides is 3. The van der Waals surface area contributed by atoms with Crippen molar-refractivity contribution < 1.29 is 31.1 Å². The third kappa shape index (κ3) is 4.33. The van der Waals surface area contributed by atoms with E-state index in [2.05, 4.69) is 25.9 Å². The van der Waals surface area contributed by atoms with E-state index in [1.807, 2.05) is 0 Å². The zero-order chi connectivity index (χ0) is 24.9. The second-order valence-corrected chi connectivity index (χ2v) is 8.61. The molecule has 1 aliphatic rings. The van der Waals surface area contributed by atoms with E-state index >= 15 is 0 Å². The number of carbonyl (C=O) groups is 1. The molecule has 0 saturated carbocycles. The SMILES string of the molecule is Cc1cc(C(F)(F)F)cc(N2c3ncc(Br)cc3CC2C(=O)N(C)c2cc(F)c(F)cc2F)n1. The molecule has 5 nitrogen and oxygen atoms in total. The largest absolute Gasteiger partial charge is 0.416 e. The first-order chi connectivity index (χ1) is 15.9. The van der Waals surface area contributed by atoms with E-state index < -0.39 is 46.8 Å². The Morgan fingerprint density at radius 2 is 1.76 bits per heavy atom. The fourth-order valence-electron chi connectivity index (χ4n) is 3.80. The first-order valence-corrected chi connectivity index (χ1v) is 10.6. The van der Waals surface area contributed by atoms with Gasteiger partial charge in [0.25, 0.3) is 0 Å². The fraction of sp³-hybridized carbons (Fsp3) is 0.227. The Hall–Kier alpha value is -3.15. The third-order valence-corrected chi connectivity index (χ3v) is 5.78. The van der Waals surface area contributed by atoms with Gasteiger partial charge in [0.2, 0.25) is 5.91 Å². The Bertz CT molecular complexity index is 1300. The number of aryl methyl sites for hydroxylation is 1. The van der Waals surface area contributed by atoms with Gasteiger partial charge in [-0.2, -0.15) is 13.2 Å². The highest BCUT2D eigenvalue weighted by Crippen LogP contribution is 2.40. The first-order valence-electron chi connectivity index (χ1n) is 9.78. The maximum Gasteiger partial charge on any atom is 0.416 e. The number of carbonyl (C=O) groups excluding carboxylic acids is 1. The molecule has 4 rings (SSSR count). The topological polar surface area (TPSA) is 49.3 Å². The summed E-state index contributed by atoms with van der Waals surface area (Å²) in [5.41, 5.74) is -0.903. The van der Waals surface area contributed by atoms with Crippen LogP contribution in [0.5, 0.6) is 0 Å². The molecule has 0 N–H and O–H groups in total. The number of benzene rings is 1. The van der Waals surface area contributed by atoms with Crippen molar-refractivity contribution in [2.75, 3.05) is 16.8 Å². The van der Waals surface area contributed by atoms with Crippen LogP contribution in [0, 0.1) is 24.4 Å². The van der Waals surface area contributed by atoms with Gasteiger partial charge in [0.1, 0.15) is 23.5 Å². The Kier molecular flexibility index (Phi) is 6.05. The predicted molar refractivity (Wildman–Crippen MR) is 115 cm³/mol. The monoisotopic (exact) mass is 544 g/mol. The van der Waals surface area contributed by atoms with Crippen molar-refractivity contribution in [2.45, 2.75) is 25.6 Å². The standard InChI is InChI=1S/C22H15BrF6N4O/c1-10-3-12(22(27,28)29)6-19(31-10)33-18(5-11-4-13(23)9-30-20(11)33)21(34)32(2)17-8-15(25)14(24)7-16(17)26/h3-4,6-9,18H,5H2,1-2H3. The number of nitrogens with zero attached hydrogens (tertiary/aromatic N) is 4. The number of anilines is 3. The number of fused-ring (bicyclic) bond motifs is 1. The van der Waals surface area contributed by atoms with Crippen LogP contribution >= 0.6 is 15.9 Å². The van der Waals surface area contributed by atoms with Gasteiger partial charge in [0, 0.05) is 42.0 Å². The Balaban J connectivity index is 1.82. The van der Waals surface area contributed by atoms with Gasteiger partial charge in [-0.25, -0.2) is 23.1 Å². The van der Waals surface area contributed by atoms with E-state index in [-0.39, 0.29) is 23.8 Å². The second kappa shape index (κ2) is 8.57. The Morgan fingerprint density at radius 1 is 1.09 bits per heavy atom. The molecule has 0 aliphatic carbocycles. The highest BCUT2D eigenvalue weighted by atomic mass is 79.9. The molecule has 0 bridgehead atoms. The van der Waals surface area contributed by atoms with Gasteiger partial charge in [-0.05, 0) is 46.6 Å². The summed E-state index contributed by atoms with van der Waals surface area (Å²) < 4.78 is 82.4. The van der Waals surface area contributed by atoms with E-state index in [1.54, 1.807) is 6.07 Å². The minimum absolute atomic E-state index is 0.00716. The molecule has 2 aromatic heterocycles. The number of amides is 1. The van der Waals surface area contributed by atoms with Gasteiger partial charge in [0.15, 0.2) is 11.6 Å². The second-order valence-electron chi connectivity index (χ2n) is 7.69. The molecule has 1 aromatic carbocycles. The molecule has 0 saturated heterocycles. The van der Waals surface area contributed by atoms with Crippen LogP contribution in [0.15, 0.2) is 41.0 Å². The van der Waals surface area contributed by atoms with E-state index in [0.29, 0.717) is 22.2 Å². The molecule has 178 valence electrons. The van der Waals surface area contributed by atoms with Crippen LogP contribution in [0.25, 0.3) is 0 Å². The van der Waals surface area contributed by atoms with Crippen molar-refractivity contribution in [1.29, 1.82) is 0 Å². The Morgan fingerprint density at radius 3 is 2.44 bits per heavy atom. The molecule has 3 heterocycles. The summed E-state index contributed by atoms with van der Waals surface area (Å²) in [6.45, 7) is 1.38. The zero-order valence-electron chi connectivity index (χ0n) is 17.6. The van der Waals surface area contributed by atoms with E-state index in [4.69, 9.17) is 0 Å². The molecular weight excluding hydrogens is 530 g/mol. The molecule has 1 atom stereocenters. The fourth-order valence-corrected chi connectivity index (χ4v) is 4.18. The van der Waals surface area contributed by atoms with Crippen molar-refractivity contribution >= 4 is 39.2 Å². The van der Waals surface area contributed by atoms with Crippen molar-refractivity contribution in [3.63, 3.8) is 0 Å². The maximum atomic E-state index is 14.3. The first kappa shape index (κ1) is 24.0.